The van der Waals surface area contributed by atoms with E-state index in [1.165, 1.54) is 44.4 Å². The third-order valence-corrected chi connectivity index (χ3v) is 7.75. The molecule has 1 unspecified atom stereocenters. The van der Waals surface area contributed by atoms with Crippen molar-refractivity contribution in [3.8, 4) is 0 Å². The van der Waals surface area contributed by atoms with Crippen molar-refractivity contribution in [3.05, 3.63) is 100 Å². The molecule has 3 heterocycles. The molecule has 1 aliphatic heterocycles. The number of aromatic amines is 1. The van der Waals surface area contributed by atoms with Gasteiger partial charge in [-0.3, -0.25) is 9.88 Å². The van der Waals surface area contributed by atoms with E-state index < -0.39 is 23.3 Å². The van der Waals surface area contributed by atoms with E-state index in [0.717, 1.165) is 40.7 Å². The minimum Gasteiger partial charge on any atom is -0.357 e. The van der Waals surface area contributed by atoms with Crippen LogP contribution in [-0.4, -0.2) is 33.6 Å². The summed E-state index contributed by atoms with van der Waals surface area (Å²) < 4.78 is 46.4. The standard InChI is InChI=1S/C33H38F3N3/c1-4-5-6-9-22-12-14-24(37-20-22)15-13-23-18-27(34)30(28(35)19-23)32-31-26(16-17-39(32)21-33(2,3)36)25-10-7-8-11-29(25)38-31/h7-8,10-12,14,18-20,32,38H,4-6,9,13,15-17,21H2,1-3H3. The normalized spacial score (nSPS) is 16.1. The highest BCUT2D eigenvalue weighted by Gasteiger charge is 2.37. The molecule has 5 rings (SSSR count). The molecule has 206 valence electrons. The quantitative estimate of drug-likeness (QED) is 0.209. The summed E-state index contributed by atoms with van der Waals surface area (Å²) >= 11 is 0. The number of hydrogen-bond donors (Lipinski definition) is 1. The number of pyridine rings is 1. The van der Waals surface area contributed by atoms with Gasteiger partial charge in [0.1, 0.15) is 17.3 Å². The van der Waals surface area contributed by atoms with E-state index in [2.05, 4.69) is 23.0 Å². The summed E-state index contributed by atoms with van der Waals surface area (Å²) in [5.41, 5.74) is 3.92. The Labute approximate surface area is 229 Å². The lowest BCUT2D eigenvalue weighted by Crippen LogP contribution is -2.43. The van der Waals surface area contributed by atoms with E-state index in [4.69, 9.17) is 0 Å². The molecule has 1 aliphatic rings. The van der Waals surface area contributed by atoms with Gasteiger partial charge in [0, 0.05) is 47.1 Å². The Morgan fingerprint density at radius 2 is 1.74 bits per heavy atom. The first-order valence-corrected chi connectivity index (χ1v) is 14.2. The average Bonchev–Trinajstić information content (AvgIpc) is 3.27. The number of alkyl halides is 1. The zero-order valence-electron chi connectivity index (χ0n) is 23.2. The van der Waals surface area contributed by atoms with Crippen molar-refractivity contribution in [2.24, 2.45) is 0 Å². The molecule has 1 N–H and O–H groups in total. The maximum Gasteiger partial charge on any atom is 0.131 e. The second-order valence-electron chi connectivity index (χ2n) is 11.5. The minimum atomic E-state index is -1.51. The summed E-state index contributed by atoms with van der Waals surface area (Å²) in [7, 11) is 0. The molecule has 39 heavy (non-hydrogen) atoms. The van der Waals surface area contributed by atoms with Crippen LogP contribution in [-0.2, 0) is 25.7 Å². The van der Waals surface area contributed by atoms with Gasteiger partial charge in [-0.15, -0.1) is 0 Å². The fourth-order valence-electron chi connectivity index (χ4n) is 5.92. The maximum atomic E-state index is 15.8. The molecule has 0 bridgehead atoms. The Morgan fingerprint density at radius 3 is 2.44 bits per heavy atom. The number of para-hydroxylation sites is 1. The third-order valence-electron chi connectivity index (χ3n) is 7.75. The number of H-pyrrole nitrogens is 1. The second kappa shape index (κ2) is 11.5. The van der Waals surface area contributed by atoms with Gasteiger partial charge >= 0.3 is 0 Å². The van der Waals surface area contributed by atoms with Crippen molar-refractivity contribution >= 4 is 10.9 Å². The number of aromatic nitrogens is 2. The van der Waals surface area contributed by atoms with Crippen molar-refractivity contribution in [2.75, 3.05) is 13.1 Å². The zero-order valence-corrected chi connectivity index (χ0v) is 23.2. The van der Waals surface area contributed by atoms with E-state index in [1.807, 2.05) is 41.4 Å². The number of nitrogens with zero attached hydrogens (tertiary/aromatic N) is 2. The fourth-order valence-corrected chi connectivity index (χ4v) is 5.92. The average molecular weight is 534 g/mol. The van der Waals surface area contributed by atoms with Gasteiger partial charge in [-0.1, -0.05) is 44.0 Å². The Bertz CT molecular complexity index is 1400. The van der Waals surface area contributed by atoms with Crippen LogP contribution in [0.5, 0.6) is 0 Å². The highest BCUT2D eigenvalue weighted by molar-refractivity contribution is 5.85. The summed E-state index contributed by atoms with van der Waals surface area (Å²) in [5, 5.41) is 1.05. The summed E-state index contributed by atoms with van der Waals surface area (Å²) in [6.07, 6.45) is 8.27. The number of nitrogens with one attached hydrogen (secondary N) is 1. The lowest BCUT2D eigenvalue weighted by Gasteiger charge is -2.38. The molecule has 0 radical (unpaired) electrons. The minimum absolute atomic E-state index is 0.0231. The first-order chi connectivity index (χ1) is 18.7. The highest BCUT2D eigenvalue weighted by atomic mass is 19.1. The van der Waals surface area contributed by atoms with Crippen molar-refractivity contribution in [2.45, 2.75) is 77.4 Å². The Kier molecular flexibility index (Phi) is 8.13. The van der Waals surface area contributed by atoms with Crippen LogP contribution in [0, 0.1) is 11.6 Å². The molecule has 4 aromatic rings. The molecule has 2 aromatic carbocycles. The second-order valence-corrected chi connectivity index (χ2v) is 11.5. The Hall–Kier alpha value is -3.12. The highest BCUT2D eigenvalue weighted by Crippen LogP contribution is 2.41. The van der Waals surface area contributed by atoms with Gasteiger partial charge in [-0.25, -0.2) is 13.2 Å². The number of aryl methyl sites for hydroxylation is 3. The summed E-state index contributed by atoms with van der Waals surface area (Å²) in [6, 6.07) is 14.2. The van der Waals surface area contributed by atoms with Crippen molar-refractivity contribution in [1.82, 2.24) is 14.9 Å². The Balaban J connectivity index is 1.41. The van der Waals surface area contributed by atoms with Gasteiger partial charge in [0.05, 0.1) is 6.04 Å². The van der Waals surface area contributed by atoms with E-state index in [9.17, 15) is 4.39 Å². The molecule has 0 saturated heterocycles. The van der Waals surface area contributed by atoms with E-state index >= 15 is 8.78 Å². The summed E-state index contributed by atoms with van der Waals surface area (Å²) in [4.78, 5) is 9.84. The molecule has 6 heteroatoms. The van der Waals surface area contributed by atoms with Crippen LogP contribution in [0.25, 0.3) is 10.9 Å². The largest absolute Gasteiger partial charge is 0.357 e. The maximum absolute atomic E-state index is 15.8. The van der Waals surface area contributed by atoms with Crippen molar-refractivity contribution in [3.63, 3.8) is 0 Å². The fraction of sp³-hybridized carbons (Fsp3) is 0.424. The number of rotatable bonds is 10. The first-order valence-electron chi connectivity index (χ1n) is 14.2. The van der Waals surface area contributed by atoms with E-state index in [-0.39, 0.29) is 12.1 Å². The van der Waals surface area contributed by atoms with Gasteiger partial charge in [-0.05, 0) is 86.9 Å². The first kappa shape index (κ1) is 27.4. The van der Waals surface area contributed by atoms with Gasteiger partial charge in [0.15, 0.2) is 0 Å². The predicted octanol–water partition coefficient (Wildman–Crippen LogP) is 8.05. The third kappa shape index (κ3) is 6.22. The van der Waals surface area contributed by atoms with Crippen LogP contribution in [0.15, 0.2) is 54.7 Å². The molecule has 1 atom stereocenters. The van der Waals surface area contributed by atoms with E-state index in [1.54, 1.807) is 0 Å². The van der Waals surface area contributed by atoms with Gasteiger partial charge in [0.2, 0.25) is 0 Å². The molecule has 0 fully saturated rings. The molecular formula is C33H38F3N3. The van der Waals surface area contributed by atoms with Crippen LogP contribution in [0.1, 0.15) is 79.7 Å². The summed E-state index contributed by atoms with van der Waals surface area (Å²) in [6.45, 7) is 5.80. The van der Waals surface area contributed by atoms with Crippen molar-refractivity contribution < 1.29 is 13.2 Å². The molecular weight excluding hydrogens is 495 g/mol. The molecule has 0 saturated carbocycles. The molecule has 0 spiro atoms. The molecule has 0 aliphatic carbocycles. The lowest BCUT2D eigenvalue weighted by molar-refractivity contribution is 0.0962. The molecule has 2 aromatic heterocycles. The Morgan fingerprint density at radius 1 is 0.974 bits per heavy atom. The smallest absolute Gasteiger partial charge is 0.131 e. The number of hydrogen-bond acceptors (Lipinski definition) is 2. The molecule has 3 nitrogen and oxygen atoms in total. The monoisotopic (exact) mass is 533 g/mol. The number of unbranched alkanes of at least 4 members (excludes halogenated alkanes) is 2. The van der Waals surface area contributed by atoms with Crippen LogP contribution in [0.2, 0.25) is 0 Å². The van der Waals surface area contributed by atoms with E-state index in [0.29, 0.717) is 31.4 Å². The predicted molar refractivity (Wildman–Crippen MR) is 152 cm³/mol. The number of halogens is 3. The van der Waals surface area contributed by atoms with Crippen LogP contribution < -0.4 is 0 Å². The van der Waals surface area contributed by atoms with Gasteiger partial charge in [0.25, 0.3) is 0 Å². The topological polar surface area (TPSA) is 31.9 Å². The number of fused-ring (bicyclic) bond motifs is 3. The van der Waals surface area contributed by atoms with Crippen LogP contribution >= 0.6 is 0 Å². The van der Waals surface area contributed by atoms with Crippen LogP contribution in [0.4, 0.5) is 13.2 Å². The molecule has 0 amide bonds. The van der Waals surface area contributed by atoms with Crippen molar-refractivity contribution in [1.29, 1.82) is 0 Å². The summed E-state index contributed by atoms with van der Waals surface area (Å²) in [5.74, 6) is -1.19. The van der Waals surface area contributed by atoms with Gasteiger partial charge < -0.3 is 4.98 Å². The number of benzene rings is 2. The van der Waals surface area contributed by atoms with Gasteiger partial charge in [-0.2, -0.15) is 0 Å². The van der Waals surface area contributed by atoms with Crippen LogP contribution in [0.3, 0.4) is 0 Å². The zero-order chi connectivity index (χ0) is 27.6. The SMILES string of the molecule is CCCCCc1ccc(CCc2cc(F)c(C3c4[nH]c5ccccc5c4CCN3CC(C)(C)F)c(F)c2)nc1. The lowest BCUT2D eigenvalue weighted by atomic mass is 9.90.